The van der Waals surface area contributed by atoms with E-state index in [4.69, 9.17) is 4.42 Å². The SMILES string of the molecule is c1ccc(-n2c3ccccc3c3ccc(-c4cccc5c4c4ccccc4n5-c4ccc(-c5cccc6c5oc5ccccc56)cc4)cc32)cc1. The number of aromatic nitrogens is 2. The molecule has 8 aromatic carbocycles. The van der Waals surface area contributed by atoms with Gasteiger partial charge in [-0.2, -0.15) is 0 Å². The predicted molar refractivity (Wildman–Crippen MR) is 213 cm³/mol. The van der Waals surface area contributed by atoms with E-state index in [1.54, 1.807) is 0 Å². The molecule has 238 valence electrons. The Hall–Kier alpha value is -6.84. The summed E-state index contributed by atoms with van der Waals surface area (Å²) < 4.78 is 11.2. The van der Waals surface area contributed by atoms with Crippen molar-refractivity contribution >= 4 is 65.6 Å². The molecule has 11 aromatic rings. The van der Waals surface area contributed by atoms with Crippen molar-refractivity contribution in [2.45, 2.75) is 0 Å². The Morgan fingerprint density at radius 3 is 1.75 bits per heavy atom. The summed E-state index contributed by atoms with van der Waals surface area (Å²) in [6.07, 6.45) is 0. The fourth-order valence-corrected chi connectivity index (χ4v) is 8.30. The van der Waals surface area contributed by atoms with Gasteiger partial charge in [-0.15, -0.1) is 0 Å². The van der Waals surface area contributed by atoms with Crippen LogP contribution in [0.15, 0.2) is 186 Å². The highest BCUT2D eigenvalue weighted by Crippen LogP contribution is 2.42. The highest BCUT2D eigenvalue weighted by molar-refractivity contribution is 6.17. The molecule has 0 aliphatic carbocycles. The first-order chi connectivity index (χ1) is 25.3. The second kappa shape index (κ2) is 10.8. The van der Waals surface area contributed by atoms with Crippen molar-refractivity contribution in [3.63, 3.8) is 0 Å². The molecule has 0 saturated heterocycles. The molecule has 0 bridgehead atoms. The third kappa shape index (κ3) is 4.12. The highest BCUT2D eigenvalue weighted by Gasteiger charge is 2.19. The van der Waals surface area contributed by atoms with Gasteiger partial charge in [0.15, 0.2) is 0 Å². The Balaban J connectivity index is 1.09. The molecule has 0 radical (unpaired) electrons. The molecule has 11 rings (SSSR count). The number of hydrogen-bond donors (Lipinski definition) is 0. The minimum atomic E-state index is 0.915. The zero-order chi connectivity index (χ0) is 33.5. The predicted octanol–water partition coefficient (Wildman–Crippen LogP) is 13.1. The van der Waals surface area contributed by atoms with Gasteiger partial charge in [-0.25, -0.2) is 0 Å². The molecule has 0 unspecified atom stereocenters. The van der Waals surface area contributed by atoms with Crippen LogP contribution in [0.4, 0.5) is 0 Å². The Morgan fingerprint density at radius 2 is 0.902 bits per heavy atom. The van der Waals surface area contributed by atoms with Crippen LogP contribution < -0.4 is 0 Å². The number of para-hydroxylation sites is 5. The fourth-order valence-electron chi connectivity index (χ4n) is 8.30. The molecule has 0 atom stereocenters. The van der Waals surface area contributed by atoms with E-state index >= 15 is 0 Å². The van der Waals surface area contributed by atoms with Crippen molar-refractivity contribution in [3.8, 4) is 33.6 Å². The normalized spacial score (nSPS) is 11.9. The van der Waals surface area contributed by atoms with E-state index in [9.17, 15) is 0 Å². The van der Waals surface area contributed by atoms with Crippen molar-refractivity contribution in [1.29, 1.82) is 0 Å². The minimum absolute atomic E-state index is 0.915. The van der Waals surface area contributed by atoms with Crippen LogP contribution in [-0.2, 0) is 0 Å². The van der Waals surface area contributed by atoms with Crippen molar-refractivity contribution in [3.05, 3.63) is 182 Å². The molecule has 0 spiro atoms. The maximum Gasteiger partial charge on any atom is 0.143 e. The van der Waals surface area contributed by atoms with E-state index in [1.165, 1.54) is 54.7 Å². The number of rotatable bonds is 4. The molecule has 51 heavy (non-hydrogen) atoms. The summed E-state index contributed by atoms with van der Waals surface area (Å²) in [6, 6.07) is 65.4. The third-order valence-electron chi connectivity index (χ3n) is 10.5. The molecular weight excluding hydrogens is 621 g/mol. The van der Waals surface area contributed by atoms with Gasteiger partial charge in [0, 0.05) is 49.3 Å². The van der Waals surface area contributed by atoms with Crippen LogP contribution in [0.2, 0.25) is 0 Å². The number of hydrogen-bond acceptors (Lipinski definition) is 1. The van der Waals surface area contributed by atoms with Gasteiger partial charge in [0.05, 0.1) is 22.1 Å². The topological polar surface area (TPSA) is 23.0 Å². The molecule has 3 aromatic heterocycles. The molecule has 3 heteroatoms. The second-order valence-electron chi connectivity index (χ2n) is 13.3. The lowest BCUT2D eigenvalue weighted by Crippen LogP contribution is -1.94. The van der Waals surface area contributed by atoms with Crippen molar-refractivity contribution in [2.75, 3.05) is 0 Å². The van der Waals surface area contributed by atoms with Gasteiger partial charge < -0.3 is 13.6 Å². The lowest BCUT2D eigenvalue weighted by atomic mass is 9.98. The van der Waals surface area contributed by atoms with E-state index < -0.39 is 0 Å². The van der Waals surface area contributed by atoms with Gasteiger partial charge in [0.25, 0.3) is 0 Å². The quantitative estimate of drug-likeness (QED) is 0.186. The van der Waals surface area contributed by atoms with E-state index in [1.807, 2.05) is 12.1 Å². The van der Waals surface area contributed by atoms with Crippen LogP contribution in [0.5, 0.6) is 0 Å². The second-order valence-corrected chi connectivity index (χ2v) is 13.3. The molecule has 0 saturated carbocycles. The van der Waals surface area contributed by atoms with Crippen LogP contribution in [0.25, 0.3) is 99.2 Å². The smallest absolute Gasteiger partial charge is 0.143 e. The van der Waals surface area contributed by atoms with E-state index in [2.05, 4.69) is 179 Å². The number of fused-ring (bicyclic) bond motifs is 9. The van der Waals surface area contributed by atoms with Gasteiger partial charge in [-0.3, -0.25) is 0 Å². The largest absolute Gasteiger partial charge is 0.455 e. The third-order valence-corrected chi connectivity index (χ3v) is 10.5. The summed E-state index contributed by atoms with van der Waals surface area (Å²) in [4.78, 5) is 0. The molecule has 0 aliphatic heterocycles. The summed E-state index contributed by atoms with van der Waals surface area (Å²) in [6.45, 7) is 0. The van der Waals surface area contributed by atoms with Crippen LogP contribution in [0.3, 0.4) is 0 Å². The minimum Gasteiger partial charge on any atom is -0.455 e. The van der Waals surface area contributed by atoms with Gasteiger partial charge >= 0.3 is 0 Å². The van der Waals surface area contributed by atoms with Crippen molar-refractivity contribution in [2.24, 2.45) is 0 Å². The van der Waals surface area contributed by atoms with Crippen molar-refractivity contribution < 1.29 is 4.42 Å². The molecule has 0 N–H and O–H groups in total. The number of nitrogens with zero attached hydrogens (tertiary/aromatic N) is 2. The summed E-state index contributed by atoms with van der Waals surface area (Å²) in [5.41, 5.74) is 13.6. The summed E-state index contributed by atoms with van der Waals surface area (Å²) in [7, 11) is 0. The monoisotopic (exact) mass is 650 g/mol. The van der Waals surface area contributed by atoms with E-state index in [-0.39, 0.29) is 0 Å². The first kappa shape index (κ1) is 28.0. The maximum absolute atomic E-state index is 6.38. The molecule has 0 fully saturated rings. The summed E-state index contributed by atoms with van der Waals surface area (Å²) in [5.74, 6) is 0. The highest BCUT2D eigenvalue weighted by atomic mass is 16.3. The fraction of sp³-hybridized carbons (Fsp3) is 0. The Bertz CT molecular complexity index is 3120. The average molecular weight is 651 g/mol. The molecular formula is C48H30N2O. The molecule has 0 aliphatic rings. The Labute approximate surface area is 293 Å². The molecule has 3 heterocycles. The van der Waals surface area contributed by atoms with E-state index in [0.717, 1.165) is 44.4 Å². The van der Waals surface area contributed by atoms with E-state index in [0.29, 0.717) is 0 Å². The van der Waals surface area contributed by atoms with Gasteiger partial charge in [0.1, 0.15) is 11.2 Å². The van der Waals surface area contributed by atoms with Gasteiger partial charge in [-0.05, 0) is 71.3 Å². The first-order valence-electron chi connectivity index (χ1n) is 17.4. The Morgan fingerprint density at radius 1 is 0.333 bits per heavy atom. The summed E-state index contributed by atoms with van der Waals surface area (Å²) in [5, 5.41) is 7.30. The van der Waals surface area contributed by atoms with Gasteiger partial charge in [0.2, 0.25) is 0 Å². The first-order valence-corrected chi connectivity index (χ1v) is 17.4. The Kier molecular flexibility index (Phi) is 5.96. The van der Waals surface area contributed by atoms with Crippen LogP contribution in [0, 0.1) is 0 Å². The summed E-state index contributed by atoms with van der Waals surface area (Å²) >= 11 is 0. The van der Waals surface area contributed by atoms with Crippen molar-refractivity contribution in [1.82, 2.24) is 9.13 Å². The van der Waals surface area contributed by atoms with Crippen LogP contribution in [0.1, 0.15) is 0 Å². The zero-order valence-electron chi connectivity index (χ0n) is 27.6. The lowest BCUT2D eigenvalue weighted by molar-refractivity contribution is 0.670. The van der Waals surface area contributed by atoms with Crippen LogP contribution in [-0.4, -0.2) is 9.13 Å². The van der Waals surface area contributed by atoms with Crippen LogP contribution >= 0.6 is 0 Å². The number of furan rings is 1. The lowest BCUT2D eigenvalue weighted by Gasteiger charge is -2.11. The maximum atomic E-state index is 6.38. The van der Waals surface area contributed by atoms with Gasteiger partial charge in [-0.1, -0.05) is 127 Å². The molecule has 0 amide bonds. The zero-order valence-corrected chi connectivity index (χ0v) is 27.6. The average Bonchev–Trinajstić information content (AvgIpc) is 3.86. The molecule has 3 nitrogen and oxygen atoms in total. The number of benzene rings is 8. The standard InChI is InChI=1S/C48H30N2O/c1-2-12-33(13-3-1)50-42-20-7-4-14-37(42)38-29-26-32(30-45(38)50)35-17-11-22-44-47(35)41-16-5-8-21-43(41)49(44)34-27-24-31(25-28-34)36-18-10-19-40-39-15-6-9-23-46(39)51-48(36)40/h1-30H.